The number of aromatic nitrogens is 2. The maximum Gasteiger partial charge on any atom is 0.261 e. The fourth-order valence-electron chi connectivity index (χ4n) is 2.53. The first-order valence-electron chi connectivity index (χ1n) is 7.32. The van der Waals surface area contributed by atoms with Crippen LogP contribution in [0.4, 0.5) is 5.69 Å². The van der Waals surface area contributed by atoms with Gasteiger partial charge >= 0.3 is 0 Å². The zero-order valence-electron chi connectivity index (χ0n) is 13.4. The molecule has 1 aromatic carbocycles. The number of pyridine rings is 2. The predicted molar refractivity (Wildman–Crippen MR) is 102 cm³/mol. The van der Waals surface area contributed by atoms with Gasteiger partial charge in [-0.1, -0.05) is 30.0 Å². The van der Waals surface area contributed by atoms with E-state index in [4.69, 9.17) is 0 Å². The van der Waals surface area contributed by atoms with Crippen LogP contribution in [-0.2, 0) is 0 Å². The first-order chi connectivity index (χ1) is 11.7. The van der Waals surface area contributed by atoms with Gasteiger partial charge in [-0.3, -0.25) is 9.36 Å². The van der Waals surface area contributed by atoms with Crippen LogP contribution in [0.25, 0.3) is 16.7 Å². The lowest BCUT2D eigenvalue weighted by atomic mass is 10.1. The van der Waals surface area contributed by atoms with Gasteiger partial charge in [-0.05, 0) is 44.2 Å². The van der Waals surface area contributed by atoms with Gasteiger partial charge in [-0.15, -0.1) is 0 Å². The monoisotopic (exact) mass is 336 g/mol. The van der Waals surface area contributed by atoms with Crippen LogP contribution in [0.3, 0.4) is 0 Å². The van der Waals surface area contributed by atoms with E-state index in [9.17, 15) is 4.79 Å². The fourth-order valence-corrected chi connectivity index (χ4v) is 2.84. The van der Waals surface area contributed by atoms with Crippen molar-refractivity contribution in [2.75, 3.05) is 6.26 Å². The van der Waals surface area contributed by atoms with Gasteiger partial charge in [0, 0.05) is 17.1 Å². The summed E-state index contributed by atoms with van der Waals surface area (Å²) in [6.07, 6.45) is 3.54. The number of nitrogens with zero attached hydrogens (tertiary/aromatic N) is 4. The zero-order valence-corrected chi connectivity index (χ0v) is 14.2. The second-order valence-electron chi connectivity index (χ2n) is 5.08. The van der Waals surface area contributed by atoms with Crippen molar-refractivity contribution in [2.45, 2.75) is 6.92 Å². The minimum Gasteiger partial charge on any atom is -0.269 e. The molecule has 0 saturated heterocycles. The summed E-state index contributed by atoms with van der Waals surface area (Å²) >= 11 is 1.38. The van der Waals surface area contributed by atoms with Crippen LogP contribution < -0.4 is 5.56 Å². The molecule has 3 aromatic rings. The van der Waals surface area contributed by atoms with Crippen molar-refractivity contribution in [3.8, 4) is 5.69 Å². The first kappa shape index (κ1) is 16.1. The smallest absolute Gasteiger partial charge is 0.261 e. The molecule has 0 unspecified atom stereocenters. The molecule has 0 spiro atoms. The Balaban J connectivity index is 2.44. The number of para-hydroxylation sites is 1. The SMILES string of the molecule is C=N/C(=N\c1c(C)c(=O)n(-c2ccccc2)c2ncccc12)SC. The van der Waals surface area contributed by atoms with Crippen LogP contribution in [0.15, 0.2) is 63.4 Å². The highest BCUT2D eigenvalue weighted by Crippen LogP contribution is 2.29. The number of hydrogen-bond donors (Lipinski definition) is 0. The van der Waals surface area contributed by atoms with Gasteiger partial charge < -0.3 is 0 Å². The first-order valence-corrected chi connectivity index (χ1v) is 8.55. The van der Waals surface area contributed by atoms with Crippen LogP contribution in [-0.4, -0.2) is 27.7 Å². The molecule has 5 nitrogen and oxygen atoms in total. The molecule has 0 aliphatic carbocycles. The third kappa shape index (κ3) is 2.76. The van der Waals surface area contributed by atoms with Crippen molar-refractivity contribution in [1.82, 2.24) is 9.55 Å². The van der Waals surface area contributed by atoms with E-state index in [0.717, 1.165) is 11.1 Å². The lowest BCUT2D eigenvalue weighted by molar-refractivity contribution is 0.995. The van der Waals surface area contributed by atoms with Crippen LogP contribution in [0, 0.1) is 6.92 Å². The van der Waals surface area contributed by atoms with Crippen molar-refractivity contribution in [3.05, 3.63) is 64.6 Å². The molecule has 2 heterocycles. The maximum absolute atomic E-state index is 13.0. The largest absolute Gasteiger partial charge is 0.269 e. The minimum absolute atomic E-state index is 0.143. The molecule has 0 aliphatic rings. The molecule has 0 radical (unpaired) electrons. The summed E-state index contributed by atoms with van der Waals surface area (Å²) in [6.45, 7) is 5.30. The average Bonchev–Trinajstić information content (AvgIpc) is 2.63. The molecular formula is C18H16N4OS. The molecule has 0 atom stereocenters. The highest BCUT2D eigenvalue weighted by Gasteiger charge is 2.15. The molecule has 0 saturated carbocycles. The Morgan fingerprint density at radius 1 is 1.21 bits per heavy atom. The van der Waals surface area contributed by atoms with E-state index in [-0.39, 0.29) is 5.56 Å². The van der Waals surface area contributed by atoms with Gasteiger partial charge in [0.1, 0.15) is 5.65 Å². The molecule has 6 heteroatoms. The summed E-state index contributed by atoms with van der Waals surface area (Å²) in [5, 5.41) is 1.31. The van der Waals surface area contributed by atoms with E-state index >= 15 is 0 Å². The standard InChI is InChI=1S/C18H16N4OS/c1-12-15(21-18(19-2)24-3)14-10-7-11-20-16(14)22(17(12)23)13-8-5-4-6-9-13/h4-11H,2H2,1,3H3/b21-18+. The molecule has 0 amide bonds. The second kappa shape index (κ2) is 6.80. The Kier molecular flexibility index (Phi) is 4.57. The number of hydrogen-bond acceptors (Lipinski definition) is 4. The quantitative estimate of drug-likeness (QED) is 0.529. The molecule has 2 aromatic heterocycles. The normalized spacial score (nSPS) is 11.7. The summed E-state index contributed by atoms with van der Waals surface area (Å²) < 4.78 is 1.61. The van der Waals surface area contributed by atoms with Crippen molar-refractivity contribution in [3.63, 3.8) is 0 Å². The Morgan fingerprint density at radius 2 is 1.96 bits per heavy atom. The van der Waals surface area contributed by atoms with Crippen molar-refractivity contribution >= 4 is 40.4 Å². The lowest BCUT2D eigenvalue weighted by Crippen LogP contribution is -2.22. The molecule has 24 heavy (non-hydrogen) atoms. The van der Waals surface area contributed by atoms with Crippen molar-refractivity contribution in [1.29, 1.82) is 0 Å². The molecular weight excluding hydrogens is 320 g/mol. The van der Waals surface area contributed by atoms with Gasteiger partial charge in [0.15, 0.2) is 5.17 Å². The third-order valence-corrected chi connectivity index (χ3v) is 4.26. The van der Waals surface area contributed by atoms with Gasteiger partial charge in [0.2, 0.25) is 0 Å². The van der Waals surface area contributed by atoms with E-state index in [1.165, 1.54) is 11.8 Å². The minimum atomic E-state index is -0.143. The lowest BCUT2D eigenvalue weighted by Gasteiger charge is -2.13. The molecule has 0 N–H and O–H groups in total. The number of fused-ring (bicyclic) bond motifs is 1. The molecule has 0 bridgehead atoms. The summed E-state index contributed by atoms with van der Waals surface area (Å²) in [7, 11) is 0. The Bertz CT molecular complexity index is 993. The highest BCUT2D eigenvalue weighted by molar-refractivity contribution is 8.13. The second-order valence-corrected chi connectivity index (χ2v) is 5.85. The third-order valence-electron chi connectivity index (χ3n) is 3.67. The number of aliphatic imine (C=N–C) groups is 2. The van der Waals surface area contributed by atoms with Gasteiger partial charge in [-0.2, -0.15) is 0 Å². The van der Waals surface area contributed by atoms with Gasteiger partial charge in [-0.25, -0.2) is 15.0 Å². The summed E-state index contributed by atoms with van der Waals surface area (Å²) in [4.78, 5) is 25.8. The van der Waals surface area contributed by atoms with Gasteiger partial charge in [0.25, 0.3) is 5.56 Å². The van der Waals surface area contributed by atoms with Crippen molar-refractivity contribution < 1.29 is 0 Å². The predicted octanol–water partition coefficient (Wildman–Crippen LogP) is 3.75. The Hall–Kier alpha value is -2.73. The topological polar surface area (TPSA) is 59.6 Å². The number of benzene rings is 1. The highest BCUT2D eigenvalue weighted by atomic mass is 32.2. The van der Waals surface area contributed by atoms with Crippen LogP contribution in [0.1, 0.15) is 5.56 Å². The van der Waals surface area contributed by atoms with Crippen LogP contribution >= 0.6 is 11.8 Å². The van der Waals surface area contributed by atoms with Crippen molar-refractivity contribution in [2.24, 2.45) is 9.98 Å². The molecule has 120 valence electrons. The number of rotatable bonds is 2. The van der Waals surface area contributed by atoms with Gasteiger partial charge in [0.05, 0.1) is 11.4 Å². The molecule has 0 aliphatic heterocycles. The van der Waals surface area contributed by atoms with Crippen LogP contribution in [0.2, 0.25) is 0 Å². The summed E-state index contributed by atoms with van der Waals surface area (Å²) in [5.74, 6) is 0. The fraction of sp³-hybridized carbons (Fsp3) is 0.111. The van der Waals surface area contributed by atoms with E-state index < -0.39 is 0 Å². The Morgan fingerprint density at radius 3 is 2.62 bits per heavy atom. The number of thioether (sulfide) groups is 1. The molecule has 0 fully saturated rings. The van der Waals surface area contributed by atoms with Crippen LogP contribution in [0.5, 0.6) is 0 Å². The van der Waals surface area contributed by atoms with E-state index in [2.05, 4.69) is 21.7 Å². The summed E-state index contributed by atoms with van der Waals surface area (Å²) in [5.41, 5.74) is 2.34. The van der Waals surface area contributed by atoms with E-state index in [1.807, 2.05) is 48.7 Å². The summed E-state index contributed by atoms with van der Waals surface area (Å²) in [6, 6.07) is 13.2. The number of amidine groups is 1. The molecule has 3 rings (SSSR count). The van der Waals surface area contributed by atoms with E-state index in [0.29, 0.717) is 22.1 Å². The zero-order chi connectivity index (χ0) is 17.1. The average molecular weight is 336 g/mol. The van der Waals surface area contributed by atoms with E-state index in [1.54, 1.807) is 17.7 Å². The maximum atomic E-state index is 13.0. The Labute approximate surface area is 143 Å².